The largest absolute Gasteiger partial charge is 0.497 e. The number of nitrogens with zero attached hydrogens (tertiary/aromatic N) is 2. The second-order valence-corrected chi connectivity index (χ2v) is 7.02. The molecule has 0 fully saturated rings. The van der Waals surface area contributed by atoms with Crippen LogP contribution in [0.15, 0.2) is 60.9 Å². The molecule has 8 heteroatoms. The first kappa shape index (κ1) is 19.8. The molecule has 0 aliphatic heterocycles. The number of alkyl carbamates (subject to hydrolysis) is 1. The molecule has 0 bridgehead atoms. The predicted molar refractivity (Wildman–Crippen MR) is 108 cm³/mol. The van der Waals surface area contributed by atoms with Gasteiger partial charge < -0.3 is 14.8 Å². The Balaban J connectivity index is 1.51. The molecule has 0 aliphatic carbocycles. The summed E-state index contributed by atoms with van der Waals surface area (Å²) in [6, 6.07) is 17.1. The summed E-state index contributed by atoms with van der Waals surface area (Å²) in [6.45, 7) is 0.217. The third-order valence-electron chi connectivity index (χ3n) is 3.98. The lowest BCUT2D eigenvalue weighted by Gasteiger charge is -2.16. The summed E-state index contributed by atoms with van der Waals surface area (Å²) in [7, 11) is 1.65. The molecule has 3 aromatic rings. The van der Waals surface area contributed by atoms with Crippen LogP contribution in [-0.4, -0.2) is 34.1 Å². The molecule has 1 unspecified atom stereocenters. The van der Waals surface area contributed by atoms with Crippen molar-refractivity contribution < 1.29 is 14.3 Å². The van der Waals surface area contributed by atoms with Gasteiger partial charge in [-0.05, 0) is 23.3 Å². The zero-order chi connectivity index (χ0) is 19.6. The highest BCUT2D eigenvalue weighted by Gasteiger charge is 2.18. The second-order valence-electron chi connectivity index (χ2n) is 5.99. The molecule has 0 spiro atoms. The molecule has 1 heterocycles. The molecule has 0 saturated carbocycles. The van der Waals surface area contributed by atoms with E-state index in [1.54, 1.807) is 18.9 Å². The Kier molecular flexibility index (Phi) is 7.31. The minimum atomic E-state index is -0.490. The maximum atomic E-state index is 12.2. The van der Waals surface area contributed by atoms with Crippen LogP contribution in [0.25, 0.3) is 0 Å². The van der Waals surface area contributed by atoms with Crippen molar-refractivity contribution in [2.45, 2.75) is 18.4 Å². The van der Waals surface area contributed by atoms with E-state index in [-0.39, 0.29) is 12.6 Å². The van der Waals surface area contributed by atoms with E-state index in [9.17, 15) is 4.79 Å². The molecular weight excluding hydrogens is 376 g/mol. The predicted octanol–water partition coefficient (Wildman–Crippen LogP) is 3.71. The van der Waals surface area contributed by atoms with Gasteiger partial charge in [0.15, 0.2) is 0 Å². The summed E-state index contributed by atoms with van der Waals surface area (Å²) < 4.78 is 10.5. The first-order chi connectivity index (χ1) is 13.7. The van der Waals surface area contributed by atoms with Gasteiger partial charge in [-0.3, -0.25) is 5.10 Å². The summed E-state index contributed by atoms with van der Waals surface area (Å²) in [6.07, 6.45) is 0.934. The number of hydrogen-bond donors (Lipinski definition) is 2. The maximum absolute atomic E-state index is 12.2. The SMILES string of the molecule is COc1ccc(CSCC(NC(=O)OCc2ccccc2)c2ncn[nH]2)cc1. The van der Waals surface area contributed by atoms with E-state index in [2.05, 4.69) is 20.5 Å². The third kappa shape index (κ3) is 6.02. The molecule has 1 atom stereocenters. The van der Waals surface area contributed by atoms with E-state index >= 15 is 0 Å². The van der Waals surface area contributed by atoms with Crippen LogP contribution in [-0.2, 0) is 17.1 Å². The van der Waals surface area contributed by atoms with Gasteiger partial charge in [0.05, 0.1) is 7.11 Å². The lowest BCUT2D eigenvalue weighted by molar-refractivity contribution is 0.136. The molecule has 3 rings (SSSR count). The molecule has 0 saturated heterocycles. The highest BCUT2D eigenvalue weighted by atomic mass is 32.2. The van der Waals surface area contributed by atoms with Crippen molar-refractivity contribution in [3.8, 4) is 5.75 Å². The summed E-state index contributed by atoms with van der Waals surface area (Å²) in [5, 5.41) is 9.56. The first-order valence-electron chi connectivity index (χ1n) is 8.78. The van der Waals surface area contributed by atoms with Crippen LogP contribution in [0.3, 0.4) is 0 Å². The number of ether oxygens (including phenoxy) is 2. The minimum Gasteiger partial charge on any atom is -0.497 e. The highest BCUT2D eigenvalue weighted by Crippen LogP contribution is 2.21. The van der Waals surface area contributed by atoms with Gasteiger partial charge in [-0.1, -0.05) is 42.5 Å². The van der Waals surface area contributed by atoms with Crippen molar-refractivity contribution in [3.63, 3.8) is 0 Å². The number of carbonyl (C=O) groups is 1. The standard InChI is InChI=1S/C20H22N4O3S/c1-26-17-9-7-16(8-10-17)12-28-13-18(19-21-14-22-24-19)23-20(25)27-11-15-5-3-2-4-6-15/h2-10,14,18H,11-13H2,1H3,(H,23,25)(H,21,22,24). The van der Waals surface area contributed by atoms with Crippen molar-refractivity contribution in [1.29, 1.82) is 0 Å². The lowest BCUT2D eigenvalue weighted by Crippen LogP contribution is -2.31. The number of benzene rings is 2. The average Bonchev–Trinajstić information content (AvgIpc) is 3.27. The van der Waals surface area contributed by atoms with Crippen molar-refractivity contribution in [3.05, 3.63) is 77.9 Å². The van der Waals surface area contributed by atoms with E-state index in [1.807, 2.05) is 54.6 Å². The number of aromatic nitrogens is 3. The zero-order valence-electron chi connectivity index (χ0n) is 15.5. The third-order valence-corrected chi connectivity index (χ3v) is 5.09. The average molecular weight is 398 g/mol. The Labute approximate surface area is 167 Å². The monoisotopic (exact) mass is 398 g/mol. The van der Waals surface area contributed by atoms with E-state index in [1.165, 1.54) is 11.9 Å². The smallest absolute Gasteiger partial charge is 0.408 e. The number of nitrogens with one attached hydrogen (secondary N) is 2. The number of H-pyrrole nitrogens is 1. The highest BCUT2D eigenvalue weighted by molar-refractivity contribution is 7.98. The fraction of sp³-hybridized carbons (Fsp3) is 0.250. The van der Waals surface area contributed by atoms with Gasteiger partial charge in [0, 0.05) is 11.5 Å². The topological polar surface area (TPSA) is 89.1 Å². The number of thioether (sulfide) groups is 1. The molecule has 146 valence electrons. The van der Waals surface area contributed by atoms with Crippen LogP contribution >= 0.6 is 11.8 Å². The minimum absolute atomic E-state index is 0.217. The van der Waals surface area contributed by atoms with Gasteiger partial charge in [0.25, 0.3) is 0 Å². The Bertz CT molecular complexity index is 842. The fourth-order valence-electron chi connectivity index (χ4n) is 2.50. The van der Waals surface area contributed by atoms with E-state index in [0.717, 1.165) is 17.1 Å². The van der Waals surface area contributed by atoms with Gasteiger partial charge >= 0.3 is 6.09 Å². The fourth-order valence-corrected chi connectivity index (χ4v) is 3.52. The van der Waals surface area contributed by atoms with Crippen LogP contribution in [0.2, 0.25) is 0 Å². The summed E-state index contributed by atoms with van der Waals surface area (Å²) in [5.74, 6) is 2.85. The Morgan fingerprint density at radius 2 is 1.93 bits per heavy atom. The normalized spacial score (nSPS) is 11.6. The summed E-state index contributed by atoms with van der Waals surface area (Å²) >= 11 is 1.68. The zero-order valence-corrected chi connectivity index (χ0v) is 16.3. The number of amides is 1. The summed E-state index contributed by atoms with van der Waals surface area (Å²) in [5.41, 5.74) is 2.11. The van der Waals surface area contributed by atoms with E-state index in [4.69, 9.17) is 9.47 Å². The van der Waals surface area contributed by atoms with Crippen molar-refractivity contribution in [2.75, 3.05) is 12.9 Å². The number of aromatic amines is 1. The van der Waals surface area contributed by atoms with Crippen LogP contribution in [0.1, 0.15) is 23.0 Å². The quantitative estimate of drug-likeness (QED) is 0.571. The van der Waals surface area contributed by atoms with Crippen LogP contribution < -0.4 is 10.1 Å². The maximum Gasteiger partial charge on any atom is 0.408 e. The molecule has 2 N–H and O–H groups in total. The van der Waals surface area contributed by atoms with Crippen LogP contribution in [0.5, 0.6) is 5.75 Å². The number of methoxy groups -OCH3 is 1. The van der Waals surface area contributed by atoms with Gasteiger partial charge in [-0.15, -0.1) is 0 Å². The Hall–Kier alpha value is -3.00. The number of rotatable bonds is 9. The molecule has 0 radical (unpaired) electrons. The Morgan fingerprint density at radius 1 is 1.14 bits per heavy atom. The molecule has 7 nitrogen and oxygen atoms in total. The van der Waals surface area contributed by atoms with E-state index in [0.29, 0.717) is 11.6 Å². The summed E-state index contributed by atoms with van der Waals surface area (Å²) in [4.78, 5) is 16.4. The van der Waals surface area contributed by atoms with E-state index < -0.39 is 6.09 Å². The molecule has 0 aliphatic rings. The van der Waals surface area contributed by atoms with Crippen LogP contribution in [0, 0.1) is 0 Å². The first-order valence-corrected chi connectivity index (χ1v) is 9.93. The van der Waals surface area contributed by atoms with Crippen molar-refractivity contribution in [1.82, 2.24) is 20.5 Å². The van der Waals surface area contributed by atoms with Gasteiger partial charge in [0.1, 0.15) is 30.5 Å². The molecule has 2 aromatic carbocycles. The number of hydrogen-bond acceptors (Lipinski definition) is 6. The Morgan fingerprint density at radius 3 is 2.61 bits per heavy atom. The molecular formula is C20H22N4O3S. The molecule has 1 aromatic heterocycles. The lowest BCUT2D eigenvalue weighted by atomic mass is 10.2. The van der Waals surface area contributed by atoms with Gasteiger partial charge in [-0.25, -0.2) is 9.78 Å². The van der Waals surface area contributed by atoms with Crippen molar-refractivity contribution in [2.24, 2.45) is 0 Å². The molecule has 1 amide bonds. The van der Waals surface area contributed by atoms with Crippen LogP contribution in [0.4, 0.5) is 4.79 Å². The van der Waals surface area contributed by atoms with Crippen molar-refractivity contribution >= 4 is 17.9 Å². The second kappa shape index (κ2) is 10.4. The molecule has 28 heavy (non-hydrogen) atoms. The van der Waals surface area contributed by atoms with Gasteiger partial charge in [0.2, 0.25) is 0 Å². The number of carbonyl (C=O) groups excluding carboxylic acids is 1. The van der Waals surface area contributed by atoms with Gasteiger partial charge in [-0.2, -0.15) is 16.9 Å².